The first kappa shape index (κ1) is 29.0. The van der Waals surface area contributed by atoms with E-state index in [2.05, 4.69) is 37.5 Å². The molecular formula is C32H24IrN7O. The van der Waals surface area contributed by atoms with Gasteiger partial charge in [0.05, 0.1) is 0 Å². The summed E-state index contributed by atoms with van der Waals surface area (Å²) in [5.74, 6) is 0.0214. The molecule has 0 atom stereocenters. The van der Waals surface area contributed by atoms with Gasteiger partial charge in [0.2, 0.25) is 0 Å². The van der Waals surface area contributed by atoms with E-state index in [1.54, 1.807) is 35.0 Å². The summed E-state index contributed by atoms with van der Waals surface area (Å²) < 4.78 is 0. The Morgan fingerprint density at radius 3 is 1.34 bits per heavy atom. The van der Waals surface area contributed by atoms with Gasteiger partial charge in [-0.25, -0.2) is 0 Å². The maximum Gasteiger partial charge on any atom is 3.00 e. The van der Waals surface area contributed by atoms with Crippen molar-refractivity contribution in [3.8, 4) is 17.1 Å². The van der Waals surface area contributed by atoms with E-state index in [1.807, 2.05) is 103 Å². The number of hydrogen-bond acceptors (Lipinski definition) is 6. The van der Waals surface area contributed by atoms with E-state index >= 15 is 0 Å². The minimum Gasteiger partial charge on any atom is -0.872 e. The van der Waals surface area contributed by atoms with Gasteiger partial charge >= 0.3 is 20.1 Å². The van der Waals surface area contributed by atoms with Crippen LogP contribution in [0.25, 0.3) is 33.4 Å². The number of fused-ring (bicyclic) bond motifs is 2. The second kappa shape index (κ2) is 14.4. The van der Waals surface area contributed by atoms with Crippen LogP contribution in [-0.4, -0.2) is 43.3 Å². The minimum atomic E-state index is 0. The Kier molecular flexibility index (Phi) is 10.2. The van der Waals surface area contributed by atoms with Crippen LogP contribution in [0.4, 0.5) is 0 Å². The number of para-hydroxylation sites is 3. The van der Waals surface area contributed by atoms with E-state index in [0.717, 1.165) is 33.4 Å². The monoisotopic (exact) mass is 715 g/mol. The van der Waals surface area contributed by atoms with Crippen LogP contribution in [0.15, 0.2) is 126 Å². The zero-order valence-electron chi connectivity index (χ0n) is 22.0. The Balaban J connectivity index is 0.000000143. The molecule has 0 saturated heterocycles. The van der Waals surface area contributed by atoms with Crippen LogP contribution in [0.3, 0.4) is 0 Å². The SMILES string of the molecule is CN=Cc1ccccc1[O-].[Ir+3].[c-]1ccccc1-n1nc2ccccc2n1.[c-]1ccccc1-n1nc2ccccc2n1. The van der Waals surface area contributed by atoms with Crippen LogP contribution in [-0.2, 0) is 20.1 Å². The smallest absolute Gasteiger partial charge is 0.872 e. The van der Waals surface area contributed by atoms with Gasteiger partial charge in [0.15, 0.2) is 0 Å². The Morgan fingerprint density at radius 1 is 0.585 bits per heavy atom. The number of hydrogen-bond donors (Lipinski definition) is 0. The van der Waals surface area contributed by atoms with Crippen LogP contribution in [0, 0.1) is 12.1 Å². The number of nitrogens with zero attached hydrogens (tertiary/aromatic N) is 7. The number of rotatable bonds is 3. The molecular weight excluding hydrogens is 691 g/mol. The quantitative estimate of drug-likeness (QED) is 0.184. The fourth-order valence-corrected chi connectivity index (χ4v) is 3.68. The summed E-state index contributed by atoms with van der Waals surface area (Å²) in [5, 5.41) is 28.3. The molecule has 202 valence electrons. The first-order valence-corrected chi connectivity index (χ1v) is 12.5. The molecule has 0 saturated carbocycles. The van der Waals surface area contributed by atoms with Crippen molar-refractivity contribution in [2.75, 3.05) is 7.05 Å². The first-order chi connectivity index (χ1) is 19.7. The molecule has 9 heteroatoms. The Hall–Kier alpha value is -4.98. The standard InChI is InChI=1S/2C12H8N3.C8H9NO.Ir/c2*1-2-6-10(7-3-1)15-13-11-8-4-5-9-12(11)14-15;1-9-6-7-4-2-3-5-8(7)10;/h2*1-6,8-9H;2-6,10H,1H3;/q2*-1;;+3/p-1. The zero-order chi connectivity index (χ0) is 27.6. The third-order valence-electron chi connectivity index (χ3n) is 5.58. The van der Waals surface area contributed by atoms with Crippen LogP contribution in [0.1, 0.15) is 5.56 Å². The molecule has 41 heavy (non-hydrogen) atoms. The molecule has 0 spiro atoms. The third kappa shape index (κ3) is 7.57. The summed E-state index contributed by atoms with van der Waals surface area (Å²) >= 11 is 0. The summed E-state index contributed by atoms with van der Waals surface area (Å²) in [6.45, 7) is 0. The Labute approximate surface area is 251 Å². The van der Waals surface area contributed by atoms with Gasteiger partial charge in [0.1, 0.15) is 22.1 Å². The van der Waals surface area contributed by atoms with E-state index in [4.69, 9.17) is 0 Å². The maximum absolute atomic E-state index is 10.9. The Morgan fingerprint density at radius 2 is 0.976 bits per heavy atom. The zero-order valence-corrected chi connectivity index (χ0v) is 24.4. The second-order valence-electron chi connectivity index (χ2n) is 8.38. The first-order valence-electron chi connectivity index (χ1n) is 12.5. The molecule has 0 bridgehead atoms. The molecule has 0 N–H and O–H groups in total. The topological polar surface area (TPSA) is 96.8 Å². The number of aromatic nitrogens is 6. The van der Waals surface area contributed by atoms with Crippen LogP contribution in [0.5, 0.6) is 5.75 Å². The van der Waals surface area contributed by atoms with Crippen molar-refractivity contribution in [2.24, 2.45) is 4.99 Å². The summed E-state index contributed by atoms with van der Waals surface area (Å²) in [7, 11) is 1.65. The third-order valence-corrected chi connectivity index (χ3v) is 5.58. The number of aliphatic imine (C=N–C) groups is 1. The molecule has 0 amide bonds. The Bertz CT molecular complexity index is 1660. The van der Waals surface area contributed by atoms with Crippen molar-refractivity contribution < 1.29 is 25.2 Å². The van der Waals surface area contributed by atoms with Gasteiger partial charge in [-0.3, -0.25) is 4.99 Å². The van der Waals surface area contributed by atoms with Gasteiger partial charge in [0.25, 0.3) is 0 Å². The van der Waals surface area contributed by atoms with Crippen molar-refractivity contribution in [2.45, 2.75) is 0 Å². The normalized spacial score (nSPS) is 10.4. The second-order valence-corrected chi connectivity index (χ2v) is 8.38. The molecule has 0 unspecified atom stereocenters. The van der Waals surface area contributed by atoms with E-state index in [1.165, 1.54) is 6.07 Å². The van der Waals surface area contributed by atoms with Crippen molar-refractivity contribution in [1.82, 2.24) is 30.0 Å². The van der Waals surface area contributed by atoms with Crippen LogP contribution in [0.2, 0.25) is 0 Å². The van der Waals surface area contributed by atoms with Crippen molar-refractivity contribution in [1.29, 1.82) is 0 Å². The van der Waals surface area contributed by atoms with Gasteiger partial charge in [0, 0.05) is 13.3 Å². The fourth-order valence-electron chi connectivity index (χ4n) is 3.68. The predicted octanol–water partition coefficient (Wildman–Crippen LogP) is 5.25. The molecule has 0 aliphatic heterocycles. The van der Waals surface area contributed by atoms with E-state index in [-0.39, 0.29) is 25.9 Å². The largest absolute Gasteiger partial charge is 3.00 e. The molecule has 0 aliphatic rings. The molecule has 2 heterocycles. The van der Waals surface area contributed by atoms with Crippen LogP contribution >= 0.6 is 0 Å². The van der Waals surface area contributed by atoms with Crippen LogP contribution < -0.4 is 5.11 Å². The van der Waals surface area contributed by atoms with Gasteiger partial charge in [-0.2, -0.15) is 78.5 Å². The van der Waals surface area contributed by atoms with Gasteiger partial charge < -0.3 is 5.11 Å². The molecule has 2 aromatic heterocycles. The van der Waals surface area contributed by atoms with Gasteiger partial charge in [-0.15, -0.1) is 17.9 Å². The minimum absolute atomic E-state index is 0. The molecule has 0 aliphatic carbocycles. The van der Waals surface area contributed by atoms with Crippen molar-refractivity contribution >= 4 is 28.3 Å². The average Bonchev–Trinajstić information content (AvgIpc) is 3.65. The molecule has 7 aromatic rings. The van der Waals surface area contributed by atoms with Gasteiger partial charge in [-0.05, 0) is 41.2 Å². The van der Waals surface area contributed by atoms with Crippen molar-refractivity contribution in [3.63, 3.8) is 0 Å². The summed E-state index contributed by atoms with van der Waals surface area (Å²) in [4.78, 5) is 6.95. The molecule has 7 rings (SSSR count). The van der Waals surface area contributed by atoms with Crippen molar-refractivity contribution in [3.05, 3.63) is 139 Å². The molecule has 0 radical (unpaired) electrons. The molecule has 0 fully saturated rings. The average molecular weight is 715 g/mol. The van der Waals surface area contributed by atoms with E-state index in [0.29, 0.717) is 5.56 Å². The van der Waals surface area contributed by atoms with E-state index in [9.17, 15) is 5.11 Å². The molecule has 5 aromatic carbocycles. The van der Waals surface area contributed by atoms with Gasteiger partial charge in [-0.1, -0.05) is 48.5 Å². The number of benzene rings is 5. The van der Waals surface area contributed by atoms with E-state index < -0.39 is 0 Å². The summed E-state index contributed by atoms with van der Waals surface area (Å²) in [5.41, 5.74) is 5.95. The summed E-state index contributed by atoms with van der Waals surface area (Å²) in [6.07, 6.45) is 1.56. The summed E-state index contributed by atoms with van der Waals surface area (Å²) in [6, 6.07) is 43.9. The predicted molar refractivity (Wildman–Crippen MR) is 155 cm³/mol. The molecule has 8 nitrogen and oxygen atoms in total. The maximum atomic E-state index is 10.9. The fraction of sp³-hybridized carbons (Fsp3) is 0.0312.